The first-order valence-electron chi connectivity index (χ1n) is 5.73. The fraction of sp³-hybridized carbons (Fsp3) is 0.462. The second kappa shape index (κ2) is 7.77. The first kappa shape index (κ1) is 14.6. The number of hydrogen-bond acceptors (Lipinski definition) is 2. The summed E-state index contributed by atoms with van der Waals surface area (Å²) in [5, 5.41) is 2.93. The van der Waals surface area contributed by atoms with Gasteiger partial charge in [0.15, 0.2) is 0 Å². The second-order valence-electron chi connectivity index (χ2n) is 4.28. The van der Waals surface area contributed by atoms with Crippen molar-refractivity contribution < 1.29 is 4.79 Å². The highest BCUT2D eigenvalue weighted by atomic mass is 79.9. The fourth-order valence-electron chi connectivity index (χ4n) is 1.23. The molecule has 0 heterocycles. The number of carbonyl (C=O) groups excluding carboxylic acids is 1. The van der Waals surface area contributed by atoms with E-state index >= 15 is 0 Å². The van der Waals surface area contributed by atoms with Crippen LogP contribution in [0.15, 0.2) is 33.6 Å². The Morgan fingerprint density at radius 2 is 2.00 bits per heavy atom. The summed E-state index contributed by atoms with van der Waals surface area (Å²) in [6, 6.07) is 7.99. The maximum Gasteiger partial charge on any atom is 0.230 e. The first-order valence-corrected chi connectivity index (χ1v) is 7.51. The minimum Gasteiger partial charge on any atom is -0.355 e. The van der Waals surface area contributed by atoms with Crippen LogP contribution in [0, 0.1) is 5.92 Å². The van der Waals surface area contributed by atoms with Crippen LogP contribution in [0.3, 0.4) is 0 Å². The van der Waals surface area contributed by atoms with E-state index in [1.807, 2.05) is 24.3 Å². The van der Waals surface area contributed by atoms with Crippen molar-refractivity contribution in [1.82, 2.24) is 5.32 Å². The molecular formula is C13H18BrNOS. The minimum atomic E-state index is 0.110. The highest BCUT2D eigenvalue weighted by molar-refractivity contribution is 9.10. The SMILES string of the molecule is CC(C)CCNC(=O)CSc1ccc(Br)cc1. The number of thioether (sulfide) groups is 1. The van der Waals surface area contributed by atoms with E-state index in [0.717, 1.165) is 22.3 Å². The van der Waals surface area contributed by atoms with Gasteiger partial charge in [0.25, 0.3) is 0 Å². The predicted molar refractivity (Wildman–Crippen MR) is 77.3 cm³/mol. The summed E-state index contributed by atoms with van der Waals surface area (Å²) in [7, 11) is 0. The summed E-state index contributed by atoms with van der Waals surface area (Å²) in [6.45, 7) is 5.09. The molecule has 94 valence electrons. The number of rotatable bonds is 6. The molecule has 0 aliphatic rings. The molecular weight excluding hydrogens is 298 g/mol. The number of halogens is 1. The van der Waals surface area contributed by atoms with Gasteiger partial charge >= 0.3 is 0 Å². The van der Waals surface area contributed by atoms with Gasteiger partial charge in [0.1, 0.15) is 0 Å². The Balaban J connectivity index is 2.21. The van der Waals surface area contributed by atoms with Gasteiger partial charge in [-0.2, -0.15) is 0 Å². The number of carbonyl (C=O) groups is 1. The van der Waals surface area contributed by atoms with Gasteiger partial charge in [0.05, 0.1) is 5.75 Å². The minimum absolute atomic E-state index is 0.110. The van der Waals surface area contributed by atoms with Crippen molar-refractivity contribution in [3.8, 4) is 0 Å². The Hall–Kier alpha value is -0.480. The predicted octanol–water partition coefficient (Wildman–Crippen LogP) is 3.70. The molecule has 0 saturated carbocycles. The molecule has 0 unspecified atom stereocenters. The molecule has 0 fully saturated rings. The zero-order valence-electron chi connectivity index (χ0n) is 10.2. The first-order chi connectivity index (χ1) is 8.08. The summed E-state index contributed by atoms with van der Waals surface area (Å²) < 4.78 is 1.06. The lowest BCUT2D eigenvalue weighted by atomic mass is 10.1. The van der Waals surface area contributed by atoms with Crippen LogP contribution in [-0.4, -0.2) is 18.2 Å². The van der Waals surface area contributed by atoms with Crippen LogP contribution in [0.5, 0.6) is 0 Å². The van der Waals surface area contributed by atoms with Crippen LogP contribution >= 0.6 is 27.7 Å². The summed E-state index contributed by atoms with van der Waals surface area (Å²) in [4.78, 5) is 12.6. The third-order valence-electron chi connectivity index (χ3n) is 2.23. The van der Waals surface area contributed by atoms with Gasteiger partial charge in [0.2, 0.25) is 5.91 Å². The molecule has 0 aliphatic heterocycles. The van der Waals surface area contributed by atoms with Crippen molar-refractivity contribution in [3.05, 3.63) is 28.7 Å². The molecule has 1 rings (SSSR count). The average molecular weight is 316 g/mol. The molecule has 2 nitrogen and oxygen atoms in total. The van der Waals surface area contributed by atoms with Crippen molar-refractivity contribution in [1.29, 1.82) is 0 Å². The Bertz CT molecular complexity index is 351. The molecule has 0 atom stereocenters. The Kier molecular flexibility index (Phi) is 6.66. The largest absolute Gasteiger partial charge is 0.355 e. The molecule has 17 heavy (non-hydrogen) atoms. The molecule has 0 radical (unpaired) electrons. The van der Waals surface area contributed by atoms with Crippen molar-refractivity contribution in [3.63, 3.8) is 0 Å². The zero-order valence-corrected chi connectivity index (χ0v) is 12.6. The summed E-state index contributed by atoms with van der Waals surface area (Å²) in [6.07, 6.45) is 1.04. The van der Waals surface area contributed by atoms with E-state index < -0.39 is 0 Å². The van der Waals surface area contributed by atoms with Crippen molar-refractivity contribution in [2.45, 2.75) is 25.2 Å². The summed E-state index contributed by atoms with van der Waals surface area (Å²) in [5.41, 5.74) is 0. The van der Waals surface area contributed by atoms with Crippen molar-refractivity contribution in [2.24, 2.45) is 5.92 Å². The Labute approximate surface area is 116 Å². The van der Waals surface area contributed by atoms with E-state index in [9.17, 15) is 4.79 Å². The lowest BCUT2D eigenvalue weighted by Crippen LogP contribution is -2.26. The Morgan fingerprint density at radius 1 is 1.35 bits per heavy atom. The second-order valence-corrected chi connectivity index (χ2v) is 6.24. The topological polar surface area (TPSA) is 29.1 Å². The third kappa shape index (κ3) is 6.74. The molecule has 0 aliphatic carbocycles. The average Bonchev–Trinajstić information content (AvgIpc) is 2.28. The highest BCUT2D eigenvalue weighted by Crippen LogP contribution is 2.20. The van der Waals surface area contributed by atoms with Crippen LogP contribution in [0.4, 0.5) is 0 Å². The van der Waals surface area contributed by atoms with Gasteiger partial charge in [-0.15, -0.1) is 11.8 Å². The van der Waals surface area contributed by atoms with Crippen LogP contribution in [0.2, 0.25) is 0 Å². The standard InChI is InChI=1S/C13H18BrNOS/c1-10(2)7-8-15-13(16)9-17-12-5-3-11(14)4-6-12/h3-6,10H,7-9H2,1-2H3,(H,15,16). The molecule has 0 spiro atoms. The highest BCUT2D eigenvalue weighted by Gasteiger charge is 2.02. The monoisotopic (exact) mass is 315 g/mol. The van der Waals surface area contributed by atoms with Crippen LogP contribution in [-0.2, 0) is 4.79 Å². The number of amides is 1. The zero-order chi connectivity index (χ0) is 12.7. The molecule has 1 aromatic carbocycles. The molecule has 4 heteroatoms. The summed E-state index contributed by atoms with van der Waals surface area (Å²) >= 11 is 4.95. The van der Waals surface area contributed by atoms with Crippen LogP contribution < -0.4 is 5.32 Å². The smallest absolute Gasteiger partial charge is 0.230 e. The normalized spacial score (nSPS) is 10.6. The van der Waals surface area contributed by atoms with Gasteiger partial charge < -0.3 is 5.32 Å². The number of benzene rings is 1. The maximum absolute atomic E-state index is 11.5. The van der Waals surface area contributed by atoms with E-state index in [-0.39, 0.29) is 5.91 Å². The molecule has 0 aromatic heterocycles. The van der Waals surface area contributed by atoms with E-state index in [2.05, 4.69) is 35.1 Å². The van der Waals surface area contributed by atoms with Gasteiger partial charge in [-0.1, -0.05) is 29.8 Å². The van der Waals surface area contributed by atoms with Gasteiger partial charge in [-0.25, -0.2) is 0 Å². The lowest BCUT2D eigenvalue weighted by Gasteiger charge is -2.07. The van der Waals surface area contributed by atoms with E-state index in [0.29, 0.717) is 11.7 Å². The lowest BCUT2D eigenvalue weighted by molar-refractivity contribution is -0.118. The third-order valence-corrected chi connectivity index (χ3v) is 3.77. The van der Waals surface area contributed by atoms with Gasteiger partial charge in [-0.3, -0.25) is 4.79 Å². The molecule has 1 aromatic rings. The summed E-state index contributed by atoms with van der Waals surface area (Å²) in [5.74, 6) is 1.23. The van der Waals surface area contributed by atoms with Gasteiger partial charge in [-0.05, 0) is 36.6 Å². The molecule has 1 amide bonds. The molecule has 0 saturated heterocycles. The van der Waals surface area contributed by atoms with Gasteiger partial charge in [0, 0.05) is 15.9 Å². The van der Waals surface area contributed by atoms with E-state index in [1.54, 1.807) is 11.8 Å². The maximum atomic E-state index is 11.5. The quantitative estimate of drug-likeness (QED) is 0.811. The van der Waals surface area contributed by atoms with Crippen LogP contribution in [0.1, 0.15) is 20.3 Å². The van der Waals surface area contributed by atoms with Crippen molar-refractivity contribution >= 4 is 33.6 Å². The van der Waals surface area contributed by atoms with Crippen LogP contribution in [0.25, 0.3) is 0 Å². The van der Waals surface area contributed by atoms with E-state index in [4.69, 9.17) is 0 Å². The van der Waals surface area contributed by atoms with Crippen molar-refractivity contribution in [2.75, 3.05) is 12.3 Å². The fourth-order valence-corrected chi connectivity index (χ4v) is 2.22. The number of nitrogens with one attached hydrogen (secondary N) is 1. The number of hydrogen-bond donors (Lipinski definition) is 1. The van der Waals surface area contributed by atoms with E-state index in [1.165, 1.54) is 0 Å². The molecule has 1 N–H and O–H groups in total. The molecule has 0 bridgehead atoms. The Morgan fingerprint density at radius 3 is 2.59 bits per heavy atom.